The number of methoxy groups -OCH3 is 1. The van der Waals surface area contributed by atoms with Crippen molar-refractivity contribution in [3.63, 3.8) is 0 Å². The van der Waals surface area contributed by atoms with Crippen LogP contribution in [0.2, 0.25) is 0 Å². The number of fused-ring (bicyclic) bond motifs is 1. The fourth-order valence-corrected chi connectivity index (χ4v) is 4.18. The Morgan fingerprint density at radius 1 is 1.21 bits per heavy atom. The number of Topliss-reactive ketones (excluding diaryl/α,β-unsaturated/α-hetero) is 1. The second kappa shape index (κ2) is 8.80. The third-order valence-corrected chi connectivity index (χ3v) is 5.32. The van der Waals surface area contributed by atoms with Crippen LogP contribution in [-0.2, 0) is 14.3 Å². The van der Waals surface area contributed by atoms with E-state index in [4.69, 9.17) is 14.2 Å². The van der Waals surface area contributed by atoms with Gasteiger partial charge in [-0.25, -0.2) is 4.79 Å². The Balaban J connectivity index is 2.14. The Bertz CT molecular complexity index is 868. The molecule has 2 aliphatic rings. The Kier molecular flexibility index (Phi) is 6.40. The second-order valence-electron chi connectivity index (χ2n) is 7.67. The van der Waals surface area contributed by atoms with E-state index in [0.29, 0.717) is 35.8 Å². The number of hydrogen-bond acceptors (Lipinski definition) is 6. The van der Waals surface area contributed by atoms with Crippen LogP contribution in [0.25, 0.3) is 0 Å². The Morgan fingerprint density at radius 3 is 2.62 bits per heavy atom. The maximum atomic E-state index is 13.0. The Hall–Kier alpha value is -2.63. The molecular weight excluding hydrogens is 370 g/mol. The van der Waals surface area contributed by atoms with Gasteiger partial charge in [-0.2, -0.15) is 0 Å². The number of carbonyl (C=O) groups is 2. The van der Waals surface area contributed by atoms with E-state index in [1.807, 2.05) is 45.9 Å². The van der Waals surface area contributed by atoms with Crippen LogP contribution in [0.1, 0.15) is 58.4 Å². The predicted octanol–water partition coefficient (Wildman–Crippen LogP) is 4.23. The molecule has 3 rings (SSSR count). The second-order valence-corrected chi connectivity index (χ2v) is 7.67. The molecule has 1 aliphatic carbocycles. The van der Waals surface area contributed by atoms with Crippen LogP contribution >= 0.6 is 0 Å². The molecule has 1 aromatic carbocycles. The first kappa shape index (κ1) is 21.1. The molecule has 0 radical (unpaired) electrons. The largest absolute Gasteiger partial charge is 0.493 e. The third-order valence-electron chi connectivity index (χ3n) is 5.32. The number of esters is 1. The summed E-state index contributed by atoms with van der Waals surface area (Å²) in [5.74, 6) is 0.0268. The number of nitrogens with zero attached hydrogens (tertiary/aromatic N) is 1. The number of carbonyl (C=O) groups excluding carboxylic acids is 2. The summed E-state index contributed by atoms with van der Waals surface area (Å²) < 4.78 is 16.6. The van der Waals surface area contributed by atoms with E-state index in [-0.39, 0.29) is 11.9 Å². The third kappa shape index (κ3) is 4.21. The smallest absolute Gasteiger partial charge is 0.336 e. The molecule has 1 fully saturated rings. The van der Waals surface area contributed by atoms with Crippen LogP contribution in [0.4, 0.5) is 0 Å². The van der Waals surface area contributed by atoms with Gasteiger partial charge in [0, 0.05) is 23.7 Å². The number of allylic oxidation sites excluding steroid dienone is 1. The molecule has 0 aromatic heterocycles. The normalized spacial score (nSPS) is 21.6. The maximum absolute atomic E-state index is 13.0. The zero-order chi connectivity index (χ0) is 21.1. The summed E-state index contributed by atoms with van der Waals surface area (Å²) >= 11 is 0. The van der Waals surface area contributed by atoms with Gasteiger partial charge in [0.1, 0.15) is 5.78 Å². The van der Waals surface area contributed by atoms with Crippen molar-refractivity contribution in [1.82, 2.24) is 0 Å². The van der Waals surface area contributed by atoms with Gasteiger partial charge in [0.15, 0.2) is 11.5 Å². The van der Waals surface area contributed by atoms with Crippen molar-refractivity contribution in [2.75, 3.05) is 13.7 Å². The predicted molar refractivity (Wildman–Crippen MR) is 111 cm³/mol. The lowest BCUT2D eigenvalue weighted by molar-refractivity contribution is -0.143. The number of aliphatic imine (C=N–C) groups is 1. The van der Waals surface area contributed by atoms with E-state index >= 15 is 0 Å². The van der Waals surface area contributed by atoms with Crippen LogP contribution in [-0.4, -0.2) is 37.3 Å². The fourth-order valence-electron chi connectivity index (χ4n) is 4.18. The average molecular weight is 399 g/mol. The molecule has 0 bridgehead atoms. The summed E-state index contributed by atoms with van der Waals surface area (Å²) in [6.07, 6.45) is 1.81. The molecule has 1 saturated carbocycles. The van der Waals surface area contributed by atoms with Gasteiger partial charge in [0.05, 0.1) is 31.3 Å². The topological polar surface area (TPSA) is 74.2 Å². The SMILES string of the molecule is CCOc1ccc([C@@H]2C(C(=O)OC(C)C)=C(C)N=C3CCCC(=O)C32)cc1OC. The van der Waals surface area contributed by atoms with Gasteiger partial charge in [-0.3, -0.25) is 9.79 Å². The number of ketones is 1. The van der Waals surface area contributed by atoms with Gasteiger partial charge in [-0.1, -0.05) is 6.07 Å². The molecule has 1 aliphatic heterocycles. The van der Waals surface area contributed by atoms with Crippen LogP contribution in [0, 0.1) is 5.92 Å². The van der Waals surface area contributed by atoms with Gasteiger partial charge in [-0.15, -0.1) is 0 Å². The first-order chi connectivity index (χ1) is 13.9. The minimum atomic E-state index is -0.440. The molecule has 2 atom stereocenters. The standard InChI is InChI=1S/C23H29NO5/c1-6-28-18-11-10-15(12-19(18)27-5)21-20(23(26)29-13(2)3)14(4)24-16-8-7-9-17(25)22(16)21/h10-13,21-22H,6-9H2,1-5H3/t21-,22?/m1/s1. The quantitative estimate of drug-likeness (QED) is 0.670. The van der Waals surface area contributed by atoms with Crippen LogP contribution in [0.15, 0.2) is 34.5 Å². The minimum absolute atomic E-state index is 0.121. The minimum Gasteiger partial charge on any atom is -0.493 e. The van der Waals surface area contributed by atoms with Crippen molar-refractivity contribution in [2.24, 2.45) is 10.9 Å². The highest BCUT2D eigenvalue weighted by Crippen LogP contribution is 2.45. The summed E-state index contributed by atoms with van der Waals surface area (Å²) in [7, 11) is 1.58. The molecule has 0 saturated heterocycles. The van der Waals surface area contributed by atoms with E-state index in [0.717, 1.165) is 24.1 Å². The zero-order valence-corrected chi connectivity index (χ0v) is 17.8. The molecule has 6 nitrogen and oxygen atoms in total. The van der Waals surface area contributed by atoms with Gasteiger partial charge in [0.25, 0.3) is 0 Å². The number of benzene rings is 1. The molecular formula is C23H29NO5. The molecule has 156 valence electrons. The molecule has 1 unspecified atom stereocenters. The summed E-state index contributed by atoms with van der Waals surface area (Å²) in [6, 6.07) is 5.59. The molecule has 0 N–H and O–H groups in total. The van der Waals surface area contributed by atoms with E-state index in [1.54, 1.807) is 7.11 Å². The van der Waals surface area contributed by atoms with Crippen molar-refractivity contribution in [2.45, 2.75) is 59.0 Å². The first-order valence-corrected chi connectivity index (χ1v) is 10.2. The van der Waals surface area contributed by atoms with Crippen LogP contribution < -0.4 is 9.47 Å². The van der Waals surface area contributed by atoms with Crippen LogP contribution in [0.3, 0.4) is 0 Å². The molecule has 6 heteroatoms. The summed E-state index contributed by atoms with van der Waals surface area (Å²) in [5.41, 5.74) is 2.76. The van der Waals surface area contributed by atoms with E-state index in [2.05, 4.69) is 4.99 Å². The Morgan fingerprint density at radius 2 is 1.97 bits per heavy atom. The first-order valence-electron chi connectivity index (χ1n) is 10.2. The lowest BCUT2D eigenvalue weighted by atomic mass is 9.69. The summed E-state index contributed by atoms with van der Waals surface area (Å²) in [5, 5.41) is 0. The van der Waals surface area contributed by atoms with Gasteiger partial charge in [-0.05, 0) is 58.2 Å². The van der Waals surface area contributed by atoms with E-state index in [9.17, 15) is 9.59 Å². The van der Waals surface area contributed by atoms with E-state index in [1.165, 1.54) is 0 Å². The van der Waals surface area contributed by atoms with Crippen LogP contribution in [0.5, 0.6) is 11.5 Å². The summed E-state index contributed by atoms with van der Waals surface area (Å²) in [4.78, 5) is 30.6. The van der Waals surface area contributed by atoms with Crippen molar-refractivity contribution in [3.8, 4) is 11.5 Å². The fraction of sp³-hybridized carbons (Fsp3) is 0.522. The van der Waals surface area contributed by atoms with Crippen molar-refractivity contribution in [3.05, 3.63) is 35.0 Å². The van der Waals surface area contributed by atoms with Gasteiger partial charge >= 0.3 is 5.97 Å². The monoisotopic (exact) mass is 399 g/mol. The number of hydrogen-bond donors (Lipinski definition) is 0. The molecule has 29 heavy (non-hydrogen) atoms. The highest BCUT2D eigenvalue weighted by molar-refractivity contribution is 6.11. The van der Waals surface area contributed by atoms with Crippen molar-refractivity contribution in [1.29, 1.82) is 0 Å². The molecule has 1 heterocycles. The van der Waals surface area contributed by atoms with E-state index < -0.39 is 17.8 Å². The maximum Gasteiger partial charge on any atom is 0.336 e. The van der Waals surface area contributed by atoms with Crippen molar-refractivity contribution < 1.29 is 23.8 Å². The molecule has 1 aromatic rings. The molecule has 0 amide bonds. The van der Waals surface area contributed by atoms with Gasteiger partial charge in [0.2, 0.25) is 0 Å². The summed E-state index contributed by atoms with van der Waals surface area (Å²) in [6.45, 7) is 7.86. The van der Waals surface area contributed by atoms with Crippen molar-refractivity contribution >= 4 is 17.5 Å². The van der Waals surface area contributed by atoms with Gasteiger partial charge < -0.3 is 14.2 Å². The number of ether oxygens (including phenoxy) is 3. The highest BCUT2D eigenvalue weighted by atomic mass is 16.5. The molecule has 0 spiro atoms. The lowest BCUT2D eigenvalue weighted by Crippen LogP contribution is -2.39. The number of rotatable bonds is 6. The average Bonchev–Trinajstić information content (AvgIpc) is 2.67. The highest BCUT2D eigenvalue weighted by Gasteiger charge is 2.44. The Labute approximate surface area is 171 Å². The zero-order valence-electron chi connectivity index (χ0n) is 17.8. The lowest BCUT2D eigenvalue weighted by Gasteiger charge is -2.36.